The molecule has 0 aliphatic heterocycles. The van der Waals surface area contributed by atoms with Crippen LogP contribution in [-0.4, -0.2) is 21.2 Å². The highest BCUT2D eigenvalue weighted by atomic mass is 16.2. The Morgan fingerprint density at radius 1 is 1.38 bits per heavy atom. The van der Waals surface area contributed by atoms with E-state index >= 15 is 0 Å². The van der Waals surface area contributed by atoms with Crippen LogP contribution in [0, 0.1) is 17.8 Å². The molecule has 1 saturated carbocycles. The molecular weight excluding hydrogens is 300 g/mol. The first-order valence-electron chi connectivity index (χ1n) is 8.79. The number of fused-ring (bicyclic) bond motifs is 1. The topological polar surface area (TPSA) is 59.3 Å². The number of nitrogens with zero attached hydrogens (tertiary/aromatic N) is 3. The first-order chi connectivity index (χ1) is 11.5. The van der Waals surface area contributed by atoms with Crippen molar-refractivity contribution in [3.05, 3.63) is 30.6 Å². The largest absolute Gasteiger partial charge is 0.321 e. The van der Waals surface area contributed by atoms with E-state index in [0.29, 0.717) is 17.8 Å². The summed E-state index contributed by atoms with van der Waals surface area (Å²) in [6.07, 6.45) is 5.10. The zero-order chi connectivity index (χ0) is 17.1. The van der Waals surface area contributed by atoms with Crippen molar-refractivity contribution < 1.29 is 4.79 Å². The number of rotatable bonds is 4. The smallest absolute Gasteiger partial charge is 0.260 e. The van der Waals surface area contributed by atoms with Gasteiger partial charge in [0.05, 0.1) is 17.4 Å². The number of aromatic nitrogens is 2. The molecule has 1 heterocycles. The highest BCUT2D eigenvalue weighted by molar-refractivity contribution is 5.89. The maximum Gasteiger partial charge on any atom is 0.260 e. The molecule has 0 saturated heterocycles. The number of hydrogen-bond acceptors (Lipinski definition) is 3. The monoisotopic (exact) mass is 326 g/mol. The maximum absolute atomic E-state index is 12.3. The lowest BCUT2D eigenvalue weighted by Gasteiger charge is -2.30. The fraction of sp³-hybridized carbons (Fsp3) is 0.526. The molecule has 1 aromatic heterocycles. The van der Waals surface area contributed by atoms with Crippen LogP contribution in [0.25, 0.3) is 11.0 Å². The normalized spacial score (nSPS) is 23.1. The second kappa shape index (κ2) is 7.16. The number of benzene rings is 1. The van der Waals surface area contributed by atoms with E-state index in [0.717, 1.165) is 23.2 Å². The van der Waals surface area contributed by atoms with Gasteiger partial charge in [0.1, 0.15) is 6.54 Å². The summed E-state index contributed by atoms with van der Waals surface area (Å²) in [7, 11) is 0. The first-order valence-corrected chi connectivity index (χ1v) is 8.79. The van der Waals surface area contributed by atoms with Gasteiger partial charge in [-0.1, -0.05) is 32.9 Å². The summed E-state index contributed by atoms with van der Waals surface area (Å²) in [5.41, 5.74) is 5.77. The summed E-state index contributed by atoms with van der Waals surface area (Å²) in [6.45, 7) is 6.95. The zero-order valence-corrected chi connectivity index (χ0v) is 14.7. The number of nitrogens with one attached hydrogen (secondary N) is 1. The van der Waals surface area contributed by atoms with Crippen molar-refractivity contribution in [2.75, 3.05) is 0 Å². The lowest BCUT2D eigenvalue weighted by atomic mass is 9.76. The van der Waals surface area contributed by atoms with E-state index in [9.17, 15) is 4.79 Å². The molecule has 2 aromatic rings. The van der Waals surface area contributed by atoms with Gasteiger partial charge in [-0.15, -0.1) is 0 Å². The third-order valence-corrected chi connectivity index (χ3v) is 4.93. The number of hydrogen-bond donors (Lipinski definition) is 1. The molecule has 1 amide bonds. The van der Waals surface area contributed by atoms with Gasteiger partial charge < -0.3 is 4.57 Å². The quantitative estimate of drug-likeness (QED) is 0.873. The summed E-state index contributed by atoms with van der Waals surface area (Å²) in [6, 6.07) is 7.82. The van der Waals surface area contributed by atoms with Gasteiger partial charge in [0.2, 0.25) is 0 Å². The minimum Gasteiger partial charge on any atom is -0.321 e. The number of para-hydroxylation sites is 2. The maximum atomic E-state index is 12.3. The van der Waals surface area contributed by atoms with Crippen LogP contribution in [0.4, 0.5) is 0 Å². The van der Waals surface area contributed by atoms with E-state index in [-0.39, 0.29) is 12.5 Å². The van der Waals surface area contributed by atoms with E-state index < -0.39 is 0 Å². The Bertz CT molecular complexity index is 747. The van der Waals surface area contributed by atoms with Gasteiger partial charge in [0, 0.05) is 11.6 Å². The summed E-state index contributed by atoms with van der Waals surface area (Å²) in [5.74, 6) is 1.58. The van der Waals surface area contributed by atoms with Crippen molar-refractivity contribution in [2.24, 2.45) is 22.9 Å². The molecule has 0 spiro atoms. The summed E-state index contributed by atoms with van der Waals surface area (Å²) >= 11 is 0. The van der Waals surface area contributed by atoms with Crippen LogP contribution in [0.5, 0.6) is 0 Å². The van der Waals surface area contributed by atoms with Crippen molar-refractivity contribution >= 4 is 22.7 Å². The van der Waals surface area contributed by atoms with Crippen molar-refractivity contribution in [2.45, 2.75) is 46.6 Å². The van der Waals surface area contributed by atoms with Gasteiger partial charge in [-0.2, -0.15) is 5.10 Å². The average molecular weight is 326 g/mol. The van der Waals surface area contributed by atoms with Crippen molar-refractivity contribution in [3.8, 4) is 0 Å². The number of carbonyl (C=O) groups is 1. The third-order valence-electron chi connectivity index (χ3n) is 4.93. The number of imidazole rings is 1. The average Bonchev–Trinajstić information content (AvgIpc) is 2.96. The second-order valence-corrected chi connectivity index (χ2v) is 7.24. The minimum absolute atomic E-state index is 0.105. The fourth-order valence-corrected chi connectivity index (χ4v) is 3.55. The van der Waals surface area contributed by atoms with Crippen LogP contribution in [-0.2, 0) is 11.3 Å². The Labute approximate surface area is 143 Å². The SMILES string of the molecule is CC(C)[C@@H]1CC[C@H](C)CC1=NNC(=O)Cn1cnc2ccccc21. The van der Waals surface area contributed by atoms with Crippen LogP contribution in [0.1, 0.15) is 40.0 Å². The molecule has 1 aliphatic rings. The zero-order valence-electron chi connectivity index (χ0n) is 14.7. The fourth-order valence-electron chi connectivity index (χ4n) is 3.55. The standard InChI is InChI=1S/C19H26N4O/c1-13(2)15-9-8-14(3)10-17(15)21-22-19(24)11-23-12-20-16-6-4-5-7-18(16)23/h4-7,12-15H,8-11H2,1-3H3,(H,22,24)/t14-,15-/m0/s1. The van der Waals surface area contributed by atoms with Crippen LogP contribution in [0.3, 0.4) is 0 Å². The van der Waals surface area contributed by atoms with E-state index in [2.05, 4.69) is 36.3 Å². The Kier molecular flexibility index (Phi) is 4.97. The molecular formula is C19H26N4O. The molecule has 24 heavy (non-hydrogen) atoms. The summed E-state index contributed by atoms with van der Waals surface area (Å²) < 4.78 is 1.86. The van der Waals surface area contributed by atoms with Crippen molar-refractivity contribution in [1.29, 1.82) is 0 Å². The van der Waals surface area contributed by atoms with Gasteiger partial charge in [0.25, 0.3) is 5.91 Å². The Balaban J connectivity index is 1.67. The van der Waals surface area contributed by atoms with Gasteiger partial charge in [-0.3, -0.25) is 4.79 Å². The van der Waals surface area contributed by atoms with E-state index in [4.69, 9.17) is 0 Å². The lowest BCUT2D eigenvalue weighted by molar-refractivity contribution is -0.121. The predicted octanol–water partition coefficient (Wildman–Crippen LogP) is 3.60. The third kappa shape index (κ3) is 3.66. The molecule has 5 nitrogen and oxygen atoms in total. The molecule has 0 radical (unpaired) electrons. The van der Waals surface area contributed by atoms with Crippen LogP contribution in [0.2, 0.25) is 0 Å². The molecule has 128 valence electrons. The van der Waals surface area contributed by atoms with E-state index in [1.165, 1.54) is 12.8 Å². The predicted molar refractivity (Wildman–Crippen MR) is 96.7 cm³/mol. The van der Waals surface area contributed by atoms with Gasteiger partial charge in [-0.25, -0.2) is 10.4 Å². The molecule has 1 aromatic carbocycles. The lowest BCUT2D eigenvalue weighted by Crippen LogP contribution is -2.31. The molecule has 5 heteroatoms. The highest BCUT2D eigenvalue weighted by Gasteiger charge is 2.27. The van der Waals surface area contributed by atoms with Gasteiger partial charge in [0.15, 0.2) is 0 Å². The van der Waals surface area contributed by atoms with Crippen molar-refractivity contribution in [1.82, 2.24) is 15.0 Å². The van der Waals surface area contributed by atoms with Crippen LogP contribution in [0.15, 0.2) is 35.7 Å². The number of hydrazone groups is 1. The molecule has 1 aliphatic carbocycles. The molecule has 1 N–H and O–H groups in total. The number of carbonyl (C=O) groups excluding carboxylic acids is 1. The minimum atomic E-state index is -0.105. The number of amides is 1. The first kappa shape index (κ1) is 16.7. The Morgan fingerprint density at radius 2 is 2.17 bits per heavy atom. The van der Waals surface area contributed by atoms with Gasteiger partial charge in [-0.05, 0) is 43.2 Å². The molecule has 0 unspecified atom stereocenters. The van der Waals surface area contributed by atoms with E-state index in [1.54, 1.807) is 6.33 Å². The van der Waals surface area contributed by atoms with Crippen LogP contribution >= 0.6 is 0 Å². The molecule has 0 bridgehead atoms. The summed E-state index contributed by atoms with van der Waals surface area (Å²) in [4.78, 5) is 16.6. The molecule has 2 atom stereocenters. The second-order valence-electron chi connectivity index (χ2n) is 7.24. The Hall–Kier alpha value is -2.17. The highest BCUT2D eigenvalue weighted by Crippen LogP contribution is 2.31. The van der Waals surface area contributed by atoms with Gasteiger partial charge >= 0.3 is 0 Å². The molecule has 3 rings (SSSR count). The van der Waals surface area contributed by atoms with Crippen molar-refractivity contribution in [3.63, 3.8) is 0 Å². The van der Waals surface area contributed by atoms with E-state index in [1.807, 2.05) is 28.8 Å². The summed E-state index contributed by atoms with van der Waals surface area (Å²) in [5, 5.41) is 4.48. The molecule has 1 fully saturated rings. The van der Waals surface area contributed by atoms with Crippen LogP contribution < -0.4 is 5.43 Å². The Morgan fingerprint density at radius 3 is 2.96 bits per heavy atom.